The Kier molecular flexibility index (Phi) is 3.38. The molecule has 0 aliphatic carbocycles. The van der Waals surface area contributed by atoms with E-state index in [9.17, 15) is 14.7 Å². The summed E-state index contributed by atoms with van der Waals surface area (Å²) < 4.78 is 0. The molecule has 1 amide bonds. The molecule has 2 fully saturated rings. The van der Waals surface area contributed by atoms with Crippen molar-refractivity contribution in [2.45, 2.75) is 38.1 Å². The Labute approximate surface area is 101 Å². The first kappa shape index (κ1) is 12.4. The van der Waals surface area contributed by atoms with Gasteiger partial charge in [-0.1, -0.05) is 0 Å². The fourth-order valence-electron chi connectivity index (χ4n) is 2.59. The van der Waals surface area contributed by atoms with Crippen molar-refractivity contribution in [1.29, 1.82) is 0 Å². The number of likely N-dealkylation sites (tertiary alicyclic amines) is 1. The summed E-state index contributed by atoms with van der Waals surface area (Å²) in [4.78, 5) is 25.1. The van der Waals surface area contributed by atoms with Crippen LogP contribution in [0.4, 0.5) is 0 Å². The van der Waals surface area contributed by atoms with Crippen molar-refractivity contribution in [1.82, 2.24) is 10.2 Å². The Morgan fingerprint density at radius 2 is 2.12 bits per heavy atom. The zero-order chi connectivity index (χ0) is 12.5. The highest BCUT2D eigenvalue weighted by atomic mass is 16.4. The molecule has 0 radical (unpaired) electrons. The lowest BCUT2D eigenvalue weighted by Gasteiger charge is -2.42. The molecule has 0 aromatic carbocycles. The SMILES string of the molecule is CC1(C(=O)O)CCCCN1C(=O)CC1CNC1. The molecule has 17 heavy (non-hydrogen) atoms. The normalized spacial score (nSPS) is 29.8. The van der Waals surface area contributed by atoms with Crippen LogP contribution in [0, 0.1) is 5.92 Å². The van der Waals surface area contributed by atoms with Crippen molar-refractivity contribution >= 4 is 11.9 Å². The van der Waals surface area contributed by atoms with Crippen LogP contribution < -0.4 is 5.32 Å². The Bertz CT molecular complexity index is 328. The lowest BCUT2D eigenvalue weighted by molar-refractivity contribution is -0.161. The highest BCUT2D eigenvalue weighted by Gasteiger charge is 2.44. The first-order chi connectivity index (χ1) is 8.04. The summed E-state index contributed by atoms with van der Waals surface area (Å²) >= 11 is 0. The number of carboxylic acid groups (broad SMARTS) is 1. The molecule has 1 atom stereocenters. The Balaban J connectivity index is 2.04. The zero-order valence-corrected chi connectivity index (χ0v) is 10.2. The van der Waals surface area contributed by atoms with Gasteiger partial charge in [-0.3, -0.25) is 4.79 Å². The van der Waals surface area contributed by atoms with Gasteiger partial charge in [0, 0.05) is 13.0 Å². The van der Waals surface area contributed by atoms with E-state index in [1.807, 2.05) is 0 Å². The van der Waals surface area contributed by atoms with E-state index in [0.717, 1.165) is 25.9 Å². The number of carbonyl (C=O) groups is 2. The van der Waals surface area contributed by atoms with Crippen LogP contribution in [0.15, 0.2) is 0 Å². The molecule has 0 aromatic rings. The van der Waals surface area contributed by atoms with Gasteiger partial charge in [0.15, 0.2) is 0 Å². The summed E-state index contributed by atoms with van der Waals surface area (Å²) in [5.74, 6) is -0.485. The Morgan fingerprint density at radius 3 is 2.65 bits per heavy atom. The third-order valence-corrected chi connectivity index (χ3v) is 3.98. The second kappa shape index (κ2) is 4.64. The summed E-state index contributed by atoms with van der Waals surface area (Å²) in [6.07, 6.45) is 2.85. The predicted octanol–water partition coefficient (Wildman–Crippen LogP) is 0.452. The molecule has 2 aliphatic heterocycles. The molecule has 2 aliphatic rings. The largest absolute Gasteiger partial charge is 0.480 e. The molecule has 0 bridgehead atoms. The number of piperidine rings is 1. The number of amides is 1. The summed E-state index contributed by atoms with van der Waals surface area (Å²) in [5, 5.41) is 12.4. The fraction of sp³-hybridized carbons (Fsp3) is 0.833. The molecule has 96 valence electrons. The summed E-state index contributed by atoms with van der Waals surface area (Å²) in [5.41, 5.74) is -0.994. The zero-order valence-electron chi connectivity index (χ0n) is 10.2. The molecule has 5 nitrogen and oxygen atoms in total. The molecule has 0 aromatic heterocycles. The van der Waals surface area contributed by atoms with E-state index in [2.05, 4.69) is 5.32 Å². The van der Waals surface area contributed by atoms with Crippen molar-refractivity contribution in [2.75, 3.05) is 19.6 Å². The molecule has 0 spiro atoms. The van der Waals surface area contributed by atoms with E-state index in [4.69, 9.17) is 0 Å². The molecule has 2 rings (SSSR count). The molecular formula is C12H20N2O3. The smallest absolute Gasteiger partial charge is 0.329 e. The fourth-order valence-corrected chi connectivity index (χ4v) is 2.59. The topological polar surface area (TPSA) is 69.6 Å². The van der Waals surface area contributed by atoms with Gasteiger partial charge < -0.3 is 15.3 Å². The molecule has 2 saturated heterocycles. The van der Waals surface area contributed by atoms with Crippen LogP contribution in [0.2, 0.25) is 0 Å². The van der Waals surface area contributed by atoms with E-state index >= 15 is 0 Å². The van der Waals surface area contributed by atoms with Gasteiger partial charge in [-0.25, -0.2) is 4.79 Å². The average molecular weight is 240 g/mol. The summed E-state index contributed by atoms with van der Waals surface area (Å²) in [6, 6.07) is 0. The van der Waals surface area contributed by atoms with E-state index in [0.29, 0.717) is 25.3 Å². The van der Waals surface area contributed by atoms with Gasteiger partial charge in [0.2, 0.25) is 5.91 Å². The van der Waals surface area contributed by atoms with E-state index in [1.165, 1.54) is 0 Å². The first-order valence-electron chi connectivity index (χ1n) is 6.28. The Morgan fingerprint density at radius 1 is 1.41 bits per heavy atom. The number of hydrogen-bond acceptors (Lipinski definition) is 3. The molecular weight excluding hydrogens is 220 g/mol. The maximum absolute atomic E-state index is 12.2. The maximum Gasteiger partial charge on any atom is 0.329 e. The number of aliphatic carboxylic acids is 1. The maximum atomic E-state index is 12.2. The Hall–Kier alpha value is -1.10. The van der Waals surface area contributed by atoms with Gasteiger partial charge in [-0.2, -0.15) is 0 Å². The van der Waals surface area contributed by atoms with Crippen LogP contribution in [0.5, 0.6) is 0 Å². The van der Waals surface area contributed by atoms with Gasteiger partial charge in [0.25, 0.3) is 0 Å². The predicted molar refractivity (Wildman–Crippen MR) is 62.6 cm³/mol. The van der Waals surface area contributed by atoms with Crippen molar-refractivity contribution in [3.8, 4) is 0 Å². The van der Waals surface area contributed by atoms with E-state index < -0.39 is 11.5 Å². The van der Waals surface area contributed by atoms with Crippen LogP contribution in [-0.4, -0.2) is 47.1 Å². The summed E-state index contributed by atoms with van der Waals surface area (Å²) in [7, 11) is 0. The van der Waals surface area contributed by atoms with Crippen molar-refractivity contribution in [2.24, 2.45) is 5.92 Å². The van der Waals surface area contributed by atoms with Crippen molar-refractivity contribution in [3.63, 3.8) is 0 Å². The minimum absolute atomic E-state index is 0.00102. The highest BCUT2D eigenvalue weighted by molar-refractivity contribution is 5.87. The number of hydrogen-bond donors (Lipinski definition) is 2. The number of rotatable bonds is 3. The molecule has 2 heterocycles. The monoisotopic (exact) mass is 240 g/mol. The minimum Gasteiger partial charge on any atom is -0.480 e. The van der Waals surface area contributed by atoms with Crippen LogP contribution in [0.1, 0.15) is 32.6 Å². The first-order valence-corrected chi connectivity index (χ1v) is 6.28. The third kappa shape index (κ3) is 2.29. The van der Waals surface area contributed by atoms with Crippen molar-refractivity contribution < 1.29 is 14.7 Å². The number of carbonyl (C=O) groups excluding carboxylic acids is 1. The van der Waals surface area contributed by atoms with E-state index in [1.54, 1.807) is 11.8 Å². The van der Waals surface area contributed by atoms with E-state index in [-0.39, 0.29) is 5.91 Å². The lowest BCUT2D eigenvalue weighted by atomic mass is 9.87. The van der Waals surface area contributed by atoms with Gasteiger partial charge >= 0.3 is 5.97 Å². The van der Waals surface area contributed by atoms with Gasteiger partial charge in [0.1, 0.15) is 5.54 Å². The highest BCUT2D eigenvalue weighted by Crippen LogP contribution is 2.29. The van der Waals surface area contributed by atoms with Gasteiger partial charge in [0.05, 0.1) is 0 Å². The van der Waals surface area contributed by atoms with Crippen LogP contribution >= 0.6 is 0 Å². The quantitative estimate of drug-likeness (QED) is 0.751. The molecule has 1 unspecified atom stereocenters. The number of nitrogens with zero attached hydrogens (tertiary/aromatic N) is 1. The van der Waals surface area contributed by atoms with Crippen LogP contribution in [-0.2, 0) is 9.59 Å². The second-order valence-electron chi connectivity index (χ2n) is 5.31. The van der Waals surface area contributed by atoms with Crippen LogP contribution in [0.25, 0.3) is 0 Å². The summed E-state index contributed by atoms with van der Waals surface area (Å²) in [6.45, 7) is 4.01. The molecule has 5 heteroatoms. The molecule has 2 N–H and O–H groups in total. The number of carboxylic acids is 1. The molecule has 0 saturated carbocycles. The average Bonchev–Trinajstić information content (AvgIpc) is 2.23. The van der Waals surface area contributed by atoms with Gasteiger partial charge in [-0.15, -0.1) is 0 Å². The van der Waals surface area contributed by atoms with Gasteiger partial charge in [-0.05, 0) is 45.2 Å². The minimum atomic E-state index is -0.994. The van der Waals surface area contributed by atoms with Crippen molar-refractivity contribution in [3.05, 3.63) is 0 Å². The van der Waals surface area contributed by atoms with Crippen LogP contribution in [0.3, 0.4) is 0 Å². The lowest BCUT2D eigenvalue weighted by Crippen LogP contribution is -2.58. The second-order valence-corrected chi connectivity index (χ2v) is 5.31. The third-order valence-electron chi connectivity index (χ3n) is 3.98. The standard InChI is InChI=1S/C12H20N2O3/c1-12(11(16)17)4-2-3-5-14(12)10(15)6-9-7-13-8-9/h9,13H,2-8H2,1H3,(H,16,17). The number of nitrogens with one attached hydrogen (secondary N) is 1.